The number of fused-ring (bicyclic) bond motifs is 1. The molecule has 1 aliphatic carbocycles. The minimum Gasteiger partial charge on any atom is -0.446 e. The summed E-state index contributed by atoms with van der Waals surface area (Å²) in [4.78, 5) is 30.4. The van der Waals surface area contributed by atoms with Crippen LogP contribution in [-0.4, -0.2) is 33.3 Å². The van der Waals surface area contributed by atoms with Gasteiger partial charge in [-0.25, -0.2) is 4.79 Å². The summed E-state index contributed by atoms with van der Waals surface area (Å²) in [5.74, 6) is -0.199. The summed E-state index contributed by atoms with van der Waals surface area (Å²) in [6.07, 6.45) is 4.64. The fourth-order valence-electron chi connectivity index (χ4n) is 4.33. The highest BCUT2D eigenvalue weighted by atomic mass is 32.1. The lowest BCUT2D eigenvalue weighted by atomic mass is 9.93. The van der Waals surface area contributed by atoms with Crippen molar-refractivity contribution in [2.75, 3.05) is 5.32 Å². The first-order valence-corrected chi connectivity index (χ1v) is 12.4. The number of hydrogen-bond acceptors (Lipinski definition) is 7. The molecule has 10 heteroatoms. The van der Waals surface area contributed by atoms with Gasteiger partial charge in [-0.3, -0.25) is 14.9 Å². The molecule has 0 bridgehead atoms. The summed E-state index contributed by atoms with van der Waals surface area (Å²) >= 11 is 1.39. The van der Waals surface area contributed by atoms with Crippen molar-refractivity contribution < 1.29 is 14.3 Å². The number of H-pyrrole nitrogens is 1. The number of hydrogen-bond donors (Lipinski definition) is 3. The standard InChI is InChI=1S/C25H28N6O3S/c1-14(21-6-4-5-9-27-21)10-23(32)30-24-19(12-26)18-8-7-17(11-22(18)35-24)34-25(33)29-15(2)20-13-28-31-16(20)3/h4-6,9,13-15,17H,7-8,10-11H2,1-3H3,(H,28,31)(H,29,33)(H,30,32). The van der Waals surface area contributed by atoms with Crippen molar-refractivity contribution >= 4 is 28.3 Å². The smallest absolute Gasteiger partial charge is 0.407 e. The molecule has 0 fully saturated rings. The minimum atomic E-state index is -0.486. The summed E-state index contributed by atoms with van der Waals surface area (Å²) in [5, 5.41) is 22.9. The largest absolute Gasteiger partial charge is 0.446 e. The number of aryl methyl sites for hydroxylation is 1. The van der Waals surface area contributed by atoms with E-state index in [2.05, 4.69) is 31.9 Å². The Morgan fingerprint density at radius 3 is 2.89 bits per heavy atom. The van der Waals surface area contributed by atoms with Gasteiger partial charge in [0.25, 0.3) is 0 Å². The van der Waals surface area contributed by atoms with Crippen LogP contribution in [0.5, 0.6) is 0 Å². The van der Waals surface area contributed by atoms with Crippen LogP contribution < -0.4 is 10.6 Å². The second-order valence-corrected chi connectivity index (χ2v) is 9.92. The fourth-order valence-corrected chi connectivity index (χ4v) is 5.61. The molecule has 0 aromatic carbocycles. The summed E-state index contributed by atoms with van der Waals surface area (Å²) in [5.41, 5.74) is 4.10. The Kier molecular flexibility index (Phi) is 7.46. The van der Waals surface area contributed by atoms with Gasteiger partial charge >= 0.3 is 6.09 Å². The topological polar surface area (TPSA) is 133 Å². The van der Waals surface area contributed by atoms with E-state index >= 15 is 0 Å². The molecule has 3 heterocycles. The van der Waals surface area contributed by atoms with Crippen LogP contribution in [0.25, 0.3) is 0 Å². The number of carbonyl (C=O) groups excluding carboxylic acids is 2. The molecule has 3 N–H and O–H groups in total. The van der Waals surface area contributed by atoms with E-state index in [9.17, 15) is 14.9 Å². The average molecular weight is 493 g/mol. The normalized spacial score (nSPS) is 16.5. The Labute approximate surface area is 207 Å². The predicted molar refractivity (Wildman–Crippen MR) is 132 cm³/mol. The number of thiophene rings is 1. The van der Waals surface area contributed by atoms with E-state index < -0.39 is 6.09 Å². The van der Waals surface area contributed by atoms with Crippen LogP contribution >= 0.6 is 11.3 Å². The maximum absolute atomic E-state index is 12.7. The van der Waals surface area contributed by atoms with Crippen LogP contribution in [0.1, 0.15) is 71.6 Å². The van der Waals surface area contributed by atoms with Gasteiger partial charge in [0.15, 0.2) is 0 Å². The number of aromatic nitrogens is 3. The van der Waals surface area contributed by atoms with Crippen molar-refractivity contribution in [3.63, 3.8) is 0 Å². The van der Waals surface area contributed by atoms with Gasteiger partial charge in [0, 0.05) is 46.8 Å². The van der Waals surface area contributed by atoms with Gasteiger partial charge in [-0.15, -0.1) is 11.3 Å². The number of carbonyl (C=O) groups is 2. The lowest BCUT2D eigenvalue weighted by Gasteiger charge is -2.23. The van der Waals surface area contributed by atoms with Gasteiger partial charge in [-0.1, -0.05) is 13.0 Å². The van der Waals surface area contributed by atoms with Crippen LogP contribution in [0.4, 0.5) is 9.80 Å². The van der Waals surface area contributed by atoms with Crippen molar-refractivity contribution in [1.82, 2.24) is 20.5 Å². The monoisotopic (exact) mass is 492 g/mol. The third-order valence-corrected chi connectivity index (χ3v) is 7.38. The van der Waals surface area contributed by atoms with Crippen molar-refractivity contribution in [3.05, 3.63) is 63.5 Å². The quantitative estimate of drug-likeness (QED) is 0.444. The SMILES string of the molecule is Cc1[nH]ncc1C(C)NC(=O)OC1CCc2c(sc(NC(=O)CC(C)c3ccccn3)c2C#N)C1. The summed E-state index contributed by atoms with van der Waals surface area (Å²) in [6, 6.07) is 7.66. The number of nitriles is 1. The van der Waals surface area contributed by atoms with Gasteiger partial charge in [0.1, 0.15) is 17.2 Å². The van der Waals surface area contributed by atoms with Crippen molar-refractivity contribution in [3.8, 4) is 6.07 Å². The second kappa shape index (κ2) is 10.7. The third kappa shape index (κ3) is 5.69. The first-order valence-electron chi connectivity index (χ1n) is 11.6. The summed E-state index contributed by atoms with van der Waals surface area (Å²) in [7, 11) is 0. The highest BCUT2D eigenvalue weighted by molar-refractivity contribution is 7.16. The fraction of sp³-hybridized carbons (Fsp3) is 0.400. The zero-order valence-corrected chi connectivity index (χ0v) is 20.7. The first-order chi connectivity index (χ1) is 16.9. The van der Waals surface area contributed by atoms with Gasteiger partial charge in [0.05, 0.1) is 17.8 Å². The molecule has 182 valence electrons. The van der Waals surface area contributed by atoms with Crippen LogP contribution in [0.15, 0.2) is 30.6 Å². The molecule has 1 aliphatic rings. The van der Waals surface area contributed by atoms with E-state index in [4.69, 9.17) is 4.74 Å². The molecule has 0 radical (unpaired) electrons. The maximum atomic E-state index is 12.7. The molecule has 0 aliphatic heterocycles. The van der Waals surface area contributed by atoms with E-state index in [1.165, 1.54) is 11.3 Å². The highest BCUT2D eigenvalue weighted by Gasteiger charge is 2.29. The number of nitrogens with one attached hydrogen (secondary N) is 3. The van der Waals surface area contributed by atoms with Crippen LogP contribution in [0.2, 0.25) is 0 Å². The van der Waals surface area contributed by atoms with Crippen molar-refractivity contribution in [2.24, 2.45) is 0 Å². The average Bonchev–Trinajstić information content (AvgIpc) is 3.41. The van der Waals surface area contributed by atoms with Crippen molar-refractivity contribution in [2.45, 2.75) is 64.5 Å². The molecule has 3 unspecified atom stereocenters. The number of nitrogens with zero attached hydrogens (tertiary/aromatic N) is 3. The molecule has 0 saturated carbocycles. The number of pyridine rings is 1. The number of anilines is 1. The number of amides is 2. The Morgan fingerprint density at radius 1 is 1.37 bits per heavy atom. The second-order valence-electron chi connectivity index (χ2n) is 8.81. The molecular weight excluding hydrogens is 464 g/mol. The van der Waals surface area contributed by atoms with Gasteiger partial charge < -0.3 is 15.4 Å². The molecule has 35 heavy (non-hydrogen) atoms. The van der Waals surface area contributed by atoms with E-state index in [1.807, 2.05) is 39.0 Å². The number of aromatic amines is 1. The lowest BCUT2D eigenvalue weighted by molar-refractivity contribution is -0.116. The Hall–Kier alpha value is -3.71. The predicted octanol–water partition coefficient (Wildman–Crippen LogP) is 4.52. The Morgan fingerprint density at radius 2 is 2.20 bits per heavy atom. The summed E-state index contributed by atoms with van der Waals surface area (Å²) < 4.78 is 5.67. The molecule has 4 rings (SSSR count). The van der Waals surface area contributed by atoms with E-state index in [1.54, 1.807) is 12.4 Å². The number of alkyl carbamates (subject to hydrolysis) is 1. The number of ether oxygens (including phenoxy) is 1. The maximum Gasteiger partial charge on any atom is 0.407 e. The molecule has 9 nitrogen and oxygen atoms in total. The van der Waals surface area contributed by atoms with Gasteiger partial charge in [0.2, 0.25) is 5.91 Å². The van der Waals surface area contributed by atoms with E-state index in [0.29, 0.717) is 29.8 Å². The third-order valence-electron chi connectivity index (χ3n) is 6.21. The zero-order chi connectivity index (χ0) is 24.9. The number of rotatable bonds is 7. The molecule has 0 spiro atoms. The van der Waals surface area contributed by atoms with Gasteiger partial charge in [-0.05, 0) is 44.4 Å². The van der Waals surface area contributed by atoms with Crippen LogP contribution in [-0.2, 0) is 22.4 Å². The minimum absolute atomic E-state index is 0.0409. The molecule has 2 amide bonds. The van der Waals surface area contributed by atoms with Gasteiger partial charge in [-0.2, -0.15) is 10.4 Å². The Balaban J connectivity index is 1.36. The molecule has 3 aromatic rings. The molecule has 0 saturated heterocycles. The van der Waals surface area contributed by atoms with Crippen LogP contribution in [0, 0.1) is 18.3 Å². The Bertz CT molecular complexity index is 1250. The van der Waals surface area contributed by atoms with Crippen molar-refractivity contribution in [1.29, 1.82) is 5.26 Å². The molecule has 3 atom stereocenters. The van der Waals surface area contributed by atoms with E-state index in [0.717, 1.165) is 27.4 Å². The molecule has 3 aromatic heterocycles. The first kappa shape index (κ1) is 24.4. The van der Waals surface area contributed by atoms with Crippen LogP contribution in [0.3, 0.4) is 0 Å². The van der Waals surface area contributed by atoms with E-state index in [-0.39, 0.29) is 30.4 Å². The summed E-state index contributed by atoms with van der Waals surface area (Å²) in [6.45, 7) is 5.72. The highest BCUT2D eigenvalue weighted by Crippen LogP contribution is 2.38. The lowest BCUT2D eigenvalue weighted by Crippen LogP contribution is -2.33. The molecular formula is C25H28N6O3S. The zero-order valence-electron chi connectivity index (χ0n) is 19.9.